The van der Waals surface area contributed by atoms with E-state index in [9.17, 15) is 22.4 Å². The van der Waals surface area contributed by atoms with E-state index in [0.717, 1.165) is 18.2 Å². The minimum atomic E-state index is -3.98. The van der Waals surface area contributed by atoms with E-state index in [0.29, 0.717) is 12.1 Å². The largest absolute Gasteiger partial charge is 0.469 e. The molecule has 1 amide bonds. The molecule has 2 aromatic rings. The second-order valence-electron chi connectivity index (χ2n) is 6.53. The van der Waals surface area contributed by atoms with Crippen LogP contribution in [0.2, 0.25) is 5.02 Å². The SMILES string of the molecule is CCN(CC(C)C(=O)OC)C(=O)c1ccc(NS(=O)(=O)c2ccc(F)c(Cl)c2)cc1. The molecule has 0 aliphatic rings. The maximum absolute atomic E-state index is 13.3. The summed E-state index contributed by atoms with van der Waals surface area (Å²) in [6.07, 6.45) is 0. The molecule has 0 radical (unpaired) electrons. The van der Waals surface area contributed by atoms with Crippen molar-refractivity contribution in [3.63, 3.8) is 0 Å². The third-order valence-electron chi connectivity index (χ3n) is 4.35. The highest BCUT2D eigenvalue weighted by Gasteiger charge is 2.22. The van der Waals surface area contributed by atoms with E-state index in [1.807, 2.05) is 0 Å². The highest BCUT2D eigenvalue weighted by Crippen LogP contribution is 2.22. The number of ether oxygens (including phenoxy) is 1. The Morgan fingerprint density at radius 1 is 1.20 bits per heavy atom. The normalized spacial score (nSPS) is 12.2. The van der Waals surface area contributed by atoms with Gasteiger partial charge in [-0.25, -0.2) is 12.8 Å². The molecule has 30 heavy (non-hydrogen) atoms. The third-order valence-corrected chi connectivity index (χ3v) is 6.02. The first-order valence-electron chi connectivity index (χ1n) is 9.04. The van der Waals surface area contributed by atoms with Gasteiger partial charge in [-0.3, -0.25) is 14.3 Å². The standard InChI is InChI=1S/C20H22ClFN2O5S/c1-4-24(12-13(2)20(26)29-3)19(25)14-5-7-15(8-6-14)23-30(27,28)16-9-10-18(22)17(21)11-16/h5-11,13,23H,4,12H2,1-3H3. The summed E-state index contributed by atoms with van der Waals surface area (Å²) < 4.78 is 45.2. The first kappa shape index (κ1) is 23.6. The Morgan fingerprint density at radius 3 is 2.37 bits per heavy atom. The lowest BCUT2D eigenvalue weighted by atomic mass is 10.1. The minimum absolute atomic E-state index is 0.192. The van der Waals surface area contributed by atoms with Crippen LogP contribution in [0.3, 0.4) is 0 Å². The molecule has 10 heteroatoms. The highest BCUT2D eigenvalue weighted by molar-refractivity contribution is 7.92. The summed E-state index contributed by atoms with van der Waals surface area (Å²) in [5.41, 5.74) is 0.555. The number of methoxy groups -OCH3 is 1. The molecule has 0 aliphatic carbocycles. The maximum Gasteiger partial charge on any atom is 0.310 e. The van der Waals surface area contributed by atoms with Crippen LogP contribution in [0.15, 0.2) is 47.4 Å². The molecule has 1 atom stereocenters. The second kappa shape index (κ2) is 9.90. The van der Waals surface area contributed by atoms with Crippen LogP contribution in [-0.2, 0) is 19.6 Å². The quantitative estimate of drug-likeness (QED) is 0.613. The van der Waals surface area contributed by atoms with Gasteiger partial charge in [0.05, 0.1) is 22.9 Å². The van der Waals surface area contributed by atoms with E-state index < -0.39 is 27.7 Å². The van der Waals surface area contributed by atoms with E-state index in [1.54, 1.807) is 13.8 Å². The molecule has 162 valence electrons. The number of amides is 1. The smallest absolute Gasteiger partial charge is 0.310 e. The molecule has 0 saturated heterocycles. The average Bonchev–Trinajstić information content (AvgIpc) is 2.72. The fraction of sp³-hybridized carbons (Fsp3) is 0.300. The highest BCUT2D eigenvalue weighted by atomic mass is 35.5. The number of esters is 1. The van der Waals surface area contributed by atoms with Crippen LogP contribution in [0.5, 0.6) is 0 Å². The van der Waals surface area contributed by atoms with Gasteiger partial charge in [0.1, 0.15) is 5.82 Å². The molecule has 0 saturated carbocycles. The van der Waals surface area contributed by atoms with Gasteiger partial charge >= 0.3 is 5.97 Å². The van der Waals surface area contributed by atoms with Crippen LogP contribution in [0.4, 0.5) is 10.1 Å². The zero-order chi connectivity index (χ0) is 22.5. The molecular formula is C20H22ClFN2O5S. The average molecular weight is 457 g/mol. The molecule has 0 heterocycles. The number of anilines is 1. The van der Waals surface area contributed by atoms with Crippen molar-refractivity contribution in [1.82, 2.24) is 4.90 Å². The Labute approximate surface area is 179 Å². The molecule has 0 aliphatic heterocycles. The van der Waals surface area contributed by atoms with E-state index in [-0.39, 0.29) is 28.1 Å². The molecule has 7 nitrogen and oxygen atoms in total. The van der Waals surface area contributed by atoms with Crippen molar-refractivity contribution >= 4 is 39.2 Å². The number of carbonyl (C=O) groups excluding carboxylic acids is 2. The molecule has 0 spiro atoms. The Hall–Kier alpha value is -2.65. The number of carbonyl (C=O) groups is 2. The molecule has 0 aromatic heterocycles. The van der Waals surface area contributed by atoms with Gasteiger partial charge in [-0.2, -0.15) is 0 Å². The summed E-state index contributed by atoms with van der Waals surface area (Å²) in [6, 6.07) is 8.91. The predicted octanol–water partition coefficient (Wildman–Crippen LogP) is 3.55. The van der Waals surface area contributed by atoms with Crippen LogP contribution in [0.1, 0.15) is 24.2 Å². The Balaban J connectivity index is 2.14. The van der Waals surface area contributed by atoms with Crippen LogP contribution in [0, 0.1) is 11.7 Å². The zero-order valence-corrected chi connectivity index (χ0v) is 18.3. The molecule has 2 aromatic carbocycles. The van der Waals surface area contributed by atoms with Gasteiger partial charge in [-0.1, -0.05) is 18.5 Å². The summed E-state index contributed by atoms with van der Waals surface area (Å²) >= 11 is 5.65. The summed E-state index contributed by atoms with van der Waals surface area (Å²) in [4.78, 5) is 25.6. The Bertz CT molecular complexity index is 1030. The van der Waals surface area contributed by atoms with Gasteiger partial charge in [-0.15, -0.1) is 0 Å². The third kappa shape index (κ3) is 5.70. The molecule has 0 bridgehead atoms. The fourth-order valence-corrected chi connectivity index (χ4v) is 4.01. The van der Waals surface area contributed by atoms with Crippen LogP contribution >= 0.6 is 11.6 Å². The summed E-state index contributed by atoms with van der Waals surface area (Å²) in [6.45, 7) is 4.04. The van der Waals surface area contributed by atoms with Crippen molar-refractivity contribution in [2.24, 2.45) is 5.92 Å². The maximum atomic E-state index is 13.3. The molecule has 2 rings (SSSR count). The number of halogens is 2. The van der Waals surface area contributed by atoms with E-state index in [4.69, 9.17) is 11.6 Å². The lowest BCUT2D eigenvalue weighted by Gasteiger charge is -2.23. The number of benzene rings is 2. The lowest BCUT2D eigenvalue weighted by molar-refractivity contribution is -0.145. The van der Waals surface area contributed by atoms with E-state index in [1.165, 1.54) is 36.3 Å². The molecule has 1 unspecified atom stereocenters. The van der Waals surface area contributed by atoms with Crippen molar-refractivity contribution in [3.8, 4) is 0 Å². The number of nitrogens with zero attached hydrogens (tertiary/aromatic N) is 1. The predicted molar refractivity (Wildman–Crippen MR) is 111 cm³/mol. The number of sulfonamides is 1. The number of hydrogen-bond donors (Lipinski definition) is 1. The van der Waals surface area contributed by atoms with Crippen molar-refractivity contribution in [1.29, 1.82) is 0 Å². The van der Waals surface area contributed by atoms with Crippen molar-refractivity contribution in [3.05, 3.63) is 58.9 Å². The van der Waals surface area contributed by atoms with Gasteiger partial charge in [-0.05, 0) is 49.4 Å². The van der Waals surface area contributed by atoms with Gasteiger partial charge in [0.2, 0.25) is 0 Å². The molecular weight excluding hydrogens is 435 g/mol. The van der Waals surface area contributed by atoms with Crippen molar-refractivity contribution in [2.45, 2.75) is 18.7 Å². The summed E-state index contributed by atoms with van der Waals surface area (Å²) in [5.74, 6) is -1.91. The van der Waals surface area contributed by atoms with Crippen molar-refractivity contribution < 1.29 is 27.1 Å². The van der Waals surface area contributed by atoms with E-state index >= 15 is 0 Å². The summed E-state index contributed by atoms with van der Waals surface area (Å²) in [5, 5.41) is -0.306. The first-order valence-corrected chi connectivity index (χ1v) is 10.9. The van der Waals surface area contributed by atoms with Gasteiger partial charge in [0.25, 0.3) is 15.9 Å². The number of hydrogen-bond acceptors (Lipinski definition) is 5. The molecule has 1 N–H and O–H groups in total. The first-order chi connectivity index (χ1) is 14.1. The zero-order valence-electron chi connectivity index (χ0n) is 16.7. The minimum Gasteiger partial charge on any atom is -0.469 e. The van der Waals surface area contributed by atoms with Gasteiger partial charge in [0.15, 0.2) is 0 Å². The van der Waals surface area contributed by atoms with Gasteiger partial charge in [0, 0.05) is 24.3 Å². The second-order valence-corrected chi connectivity index (χ2v) is 8.62. The lowest BCUT2D eigenvalue weighted by Crippen LogP contribution is -2.37. The molecule has 0 fully saturated rings. The van der Waals surface area contributed by atoms with E-state index in [2.05, 4.69) is 9.46 Å². The van der Waals surface area contributed by atoms with Crippen LogP contribution in [-0.4, -0.2) is 45.4 Å². The summed E-state index contributed by atoms with van der Waals surface area (Å²) in [7, 11) is -2.69. The van der Waals surface area contributed by atoms with Crippen LogP contribution in [0.25, 0.3) is 0 Å². The monoisotopic (exact) mass is 456 g/mol. The van der Waals surface area contributed by atoms with Crippen LogP contribution < -0.4 is 4.72 Å². The van der Waals surface area contributed by atoms with Crippen molar-refractivity contribution in [2.75, 3.05) is 24.9 Å². The number of rotatable bonds is 8. The topological polar surface area (TPSA) is 92.8 Å². The Kier molecular flexibility index (Phi) is 7.80. The van der Waals surface area contributed by atoms with Gasteiger partial charge < -0.3 is 9.64 Å². The fourth-order valence-electron chi connectivity index (χ4n) is 2.68. The number of nitrogens with one attached hydrogen (secondary N) is 1. The Morgan fingerprint density at radius 2 is 1.83 bits per heavy atom.